The lowest BCUT2D eigenvalue weighted by molar-refractivity contribution is -0.123. The minimum Gasteiger partial charge on any atom is -0.459 e. The fourth-order valence-corrected chi connectivity index (χ4v) is 2.38. The molecule has 5 heteroatoms. The third-order valence-electron chi connectivity index (χ3n) is 3.75. The molecule has 0 fully saturated rings. The first-order chi connectivity index (χ1) is 10.9. The Balaban J connectivity index is 1.97. The van der Waals surface area contributed by atoms with E-state index in [9.17, 15) is 9.59 Å². The highest BCUT2D eigenvalue weighted by atomic mass is 16.3. The Kier molecular flexibility index (Phi) is 5.21. The van der Waals surface area contributed by atoms with Crippen molar-refractivity contribution in [3.05, 3.63) is 59.0 Å². The molecule has 0 radical (unpaired) electrons. The maximum atomic E-state index is 12.3. The third-order valence-corrected chi connectivity index (χ3v) is 3.75. The second kappa shape index (κ2) is 7.13. The summed E-state index contributed by atoms with van der Waals surface area (Å²) in [6, 6.07) is 8.54. The van der Waals surface area contributed by atoms with Crippen molar-refractivity contribution in [3.8, 4) is 0 Å². The van der Waals surface area contributed by atoms with Crippen LogP contribution in [0.5, 0.6) is 0 Å². The average molecular weight is 314 g/mol. The lowest BCUT2D eigenvalue weighted by atomic mass is 10.00. The first kappa shape index (κ1) is 16.8. The van der Waals surface area contributed by atoms with Gasteiger partial charge >= 0.3 is 0 Å². The summed E-state index contributed by atoms with van der Waals surface area (Å²) in [6.45, 7) is 7.61. The van der Waals surface area contributed by atoms with Crippen molar-refractivity contribution in [2.75, 3.05) is 0 Å². The van der Waals surface area contributed by atoms with Crippen LogP contribution >= 0.6 is 0 Å². The van der Waals surface area contributed by atoms with Crippen LogP contribution in [0.4, 0.5) is 0 Å². The Morgan fingerprint density at radius 1 is 1.09 bits per heavy atom. The van der Waals surface area contributed by atoms with Crippen molar-refractivity contribution in [2.45, 2.75) is 39.8 Å². The number of aryl methyl sites for hydroxylation is 2. The van der Waals surface area contributed by atoms with E-state index in [4.69, 9.17) is 4.42 Å². The van der Waals surface area contributed by atoms with Gasteiger partial charge in [-0.2, -0.15) is 0 Å². The molecule has 2 amide bonds. The van der Waals surface area contributed by atoms with Crippen LogP contribution in [-0.4, -0.2) is 17.9 Å². The Hall–Kier alpha value is -2.56. The number of carbonyl (C=O) groups excluding carboxylic acids is 2. The molecule has 2 rings (SSSR count). The fourth-order valence-electron chi connectivity index (χ4n) is 2.38. The molecule has 2 aromatic rings. The van der Waals surface area contributed by atoms with Gasteiger partial charge in [0, 0.05) is 0 Å². The number of carbonyl (C=O) groups is 2. The molecule has 0 saturated heterocycles. The molecule has 2 unspecified atom stereocenters. The monoisotopic (exact) mass is 314 g/mol. The highest BCUT2D eigenvalue weighted by molar-refractivity contribution is 5.95. The molecule has 1 heterocycles. The van der Waals surface area contributed by atoms with Gasteiger partial charge in [-0.05, 0) is 51.0 Å². The number of amides is 2. The Morgan fingerprint density at radius 3 is 2.48 bits per heavy atom. The van der Waals surface area contributed by atoms with Crippen molar-refractivity contribution in [1.82, 2.24) is 10.6 Å². The van der Waals surface area contributed by atoms with Crippen LogP contribution in [0, 0.1) is 13.8 Å². The van der Waals surface area contributed by atoms with E-state index < -0.39 is 11.9 Å². The topological polar surface area (TPSA) is 71.3 Å². The molecule has 0 saturated carbocycles. The number of nitrogens with one attached hydrogen (secondary N) is 2. The standard InChI is InChI=1S/C18H22N2O3/c1-11-7-8-12(2)15(10-11)13(3)19-17(21)14(4)20-18(22)16-6-5-9-23-16/h5-10,13-14H,1-4H3,(H,19,21)(H,20,22). The van der Waals surface area contributed by atoms with E-state index in [0.717, 1.165) is 16.7 Å². The Morgan fingerprint density at radius 2 is 1.83 bits per heavy atom. The zero-order chi connectivity index (χ0) is 17.0. The molecular weight excluding hydrogens is 292 g/mol. The molecule has 2 atom stereocenters. The summed E-state index contributed by atoms with van der Waals surface area (Å²) in [5, 5.41) is 5.55. The predicted molar refractivity (Wildman–Crippen MR) is 88.1 cm³/mol. The van der Waals surface area contributed by atoms with Crippen LogP contribution in [0.25, 0.3) is 0 Å². The number of rotatable bonds is 5. The Labute approximate surface area is 136 Å². The minimum atomic E-state index is -0.653. The maximum absolute atomic E-state index is 12.3. The van der Waals surface area contributed by atoms with Gasteiger partial charge in [0.1, 0.15) is 6.04 Å². The summed E-state index contributed by atoms with van der Waals surface area (Å²) in [6.07, 6.45) is 1.42. The SMILES string of the molecule is Cc1ccc(C)c(C(C)NC(=O)C(C)NC(=O)c2ccco2)c1. The number of benzene rings is 1. The smallest absolute Gasteiger partial charge is 0.287 e. The van der Waals surface area contributed by atoms with E-state index in [-0.39, 0.29) is 17.7 Å². The molecule has 5 nitrogen and oxygen atoms in total. The van der Waals surface area contributed by atoms with Gasteiger partial charge in [-0.15, -0.1) is 0 Å². The third kappa shape index (κ3) is 4.22. The van der Waals surface area contributed by atoms with Gasteiger partial charge in [0.15, 0.2) is 5.76 Å². The van der Waals surface area contributed by atoms with E-state index in [1.165, 1.54) is 6.26 Å². The van der Waals surface area contributed by atoms with E-state index in [2.05, 4.69) is 16.7 Å². The van der Waals surface area contributed by atoms with Gasteiger partial charge in [-0.25, -0.2) is 0 Å². The molecule has 2 N–H and O–H groups in total. The summed E-state index contributed by atoms with van der Waals surface area (Å²) in [4.78, 5) is 24.2. The van der Waals surface area contributed by atoms with Crippen LogP contribution in [0.2, 0.25) is 0 Å². The van der Waals surface area contributed by atoms with Crippen LogP contribution in [0.1, 0.15) is 47.1 Å². The largest absolute Gasteiger partial charge is 0.459 e. The zero-order valence-corrected chi connectivity index (χ0v) is 13.8. The van der Waals surface area contributed by atoms with E-state index in [1.54, 1.807) is 19.1 Å². The molecule has 0 bridgehead atoms. The zero-order valence-electron chi connectivity index (χ0n) is 13.8. The van der Waals surface area contributed by atoms with Crippen molar-refractivity contribution >= 4 is 11.8 Å². The fraction of sp³-hybridized carbons (Fsp3) is 0.333. The van der Waals surface area contributed by atoms with Crippen LogP contribution in [0.15, 0.2) is 41.0 Å². The second-order valence-electron chi connectivity index (χ2n) is 5.76. The number of hydrogen-bond donors (Lipinski definition) is 2. The van der Waals surface area contributed by atoms with Crippen LogP contribution < -0.4 is 10.6 Å². The molecule has 0 spiro atoms. The quantitative estimate of drug-likeness (QED) is 0.891. The van der Waals surface area contributed by atoms with E-state index in [0.29, 0.717) is 0 Å². The molecule has 0 aliphatic heterocycles. The summed E-state index contributed by atoms with van der Waals surface area (Å²) >= 11 is 0. The summed E-state index contributed by atoms with van der Waals surface area (Å²) < 4.78 is 5.01. The van der Waals surface area contributed by atoms with Crippen molar-refractivity contribution in [3.63, 3.8) is 0 Å². The van der Waals surface area contributed by atoms with Gasteiger partial charge in [-0.3, -0.25) is 9.59 Å². The van der Waals surface area contributed by atoms with Crippen molar-refractivity contribution < 1.29 is 14.0 Å². The van der Waals surface area contributed by atoms with E-state index >= 15 is 0 Å². The van der Waals surface area contributed by atoms with Gasteiger partial charge in [-0.1, -0.05) is 23.8 Å². The molecule has 23 heavy (non-hydrogen) atoms. The second-order valence-corrected chi connectivity index (χ2v) is 5.76. The molecule has 0 aliphatic carbocycles. The molecule has 1 aromatic carbocycles. The summed E-state index contributed by atoms with van der Waals surface area (Å²) in [7, 11) is 0. The maximum Gasteiger partial charge on any atom is 0.287 e. The highest BCUT2D eigenvalue weighted by Gasteiger charge is 2.20. The lowest BCUT2D eigenvalue weighted by Crippen LogP contribution is -2.45. The Bertz CT molecular complexity index is 692. The first-order valence-corrected chi connectivity index (χ1v) is 7.60. The summed E-state index contributed by atoms with van der Waals surface area (Å²) in [5.41, 5.74) is 3.34. The number of furan rings is 1. The van der Waals surface area contributed by atoms with Gasteiger partial charge in [0.05, 0.1) is 12.3 Å². The normalized spacial score (nSPS) is 13.2. The summed E-state index contributed by atoms with van der Waals surface area (Å²) in [5.74, 6) is -0.456. The number of hydrogen-bond acceptors (Lipinski definition) is 3. The molecule has 1 aromatic heterocycles. The molecule has 122 valence electrons. The lowest BCUT2D eigenvalue weighted by Gasteiger charge is -2.20. The molecular formula is C18H22N2O3. The minimum absolute atomic E-state index is 0.134. The van der Waals surface area contributed by atoms with Gasteiger partial charge in [0.25, 0.3) is 5.91 Å². The first-order valence-electron chi connectivity index (χ1n) is 7.60. The van der Waals surface area contributed by atoms with Crippen molar-refractivity contribution in [1.29, 1.82) is 0 Å². The van der Waals surface area contributed by atoms with Crippen LogP contribution in [-0.2, 0) is 4.79 Å². The van der Waals surface area contributed by atoms with E-state index in [1.807, 2.05) is 32.9 Å². The average Bonchev–Trinajstić information content (AvgIpc) is 3.03. The van der Waals surface area contributed by atoms with Gasteiger partial charge < -0.3 is 15.1 Å². The van der Waals surface area contributed by atoms with Crippen LogP contribution in [0.3, 0.4) is 0 Å². The van der Waals surface area contributed by atoms with Crippen molar-refractivity contribution in [2.24, 2.45) is 0 Å². The predicted octanol–water partition coefficient (Wildman–Crippen LogP) is 2.89. The molecule has 0 aliphatic rings. The van der Waals surface area contributed by atoms with Gasteiger partial charge in [0.2, 0.25) is 5.91 Å². The highest BCUT2D eigenvalue weighted by Crippen LogP contribution is 2.18.